The van der Waals surface area contributed by atoms with Gasteiger partial charge in [0.2, 0.25) is 0 Å². The minimum Gasteiger partial charge on any atom is -0.390 e. The number of rotatable bonds is 6. The number of imidazole rings is 1. The third-order valence-electron chi connectivity index (χ3n) is 5.25. The number of anilines is 2. The minimum absolute atomic E-state index is 0.0241. The molecule has 4 aromatic rings. The number of fused-ring (bicyclic) bond motifs is 1. The summed E-state index contributed by atoms with van der Waals surface area (Å²) in [6.07, 6.45) is -2.20. The molecule has 9 nitrogen and oxygen atoms in total. The second-order valence-electron chi connectivity index (χ2n) is 8.51. The van der Waals surface area contributed by atoms with Crippen molar-refractivity contribution in [2.45, 2.75) is 38.6 Å². The zero-order chi connectivity index (χ0) is 25.7. The van der Waals surface area contributed by atoms with Crippen LogP contribution in [-0.2, 0) is 19.8 Å². The summed E-state index contributed by atoms with van der Waals surface area (Å²) >= 11 is 6.14. The van der Waals surface area contributed by atoms with E-state index in [1.165, 1.54) is 28.3 Å². The van der Waals surface area contributed by atoms with Crippen LogP contribution in [0.15, 0.2) is 35.4 Å². The molecule has 0 fully saturated rings. The maximum absolute atomic E-state index is 14.9. The van der Waals surface area contributed by atoms with Crippen molar-refractivity contribution in [1.29, 1.82) is 0 Å². The van der Waals surface area contributed by atoms with Gasteiger partial charge in [0.05, 0.1) is 28.5 Å². The Morgan fingerprint density at radius 3 is 2.54 bits per heavy atom. The smallest absolute Gasteiger partial charge is 0.390 e. The number of hydrogen-bond donors (Lipinski definition) is 2. The van der Waals surface area contributed by atoms with Crippen LogP contribution in [0, 0.1) is 5.82 Å². The van der Waals surface area contributed by atoms with Crippen molar-refractivity contribution in [3.05, 3.63) is 57.6 Å². The maximum atomic E-state index is 14.9. The summed E-state index contributed by atoms with van der Waals surface area (Å²) in [4.78, 5) is 20.6. The van der Waals surface area contributed by atoms with Gasteiger partial charge in [-0.1, -0.05) is 11.6 Å². The zero-order valence-corrected chi connectivity index (χ0v) is 19.5. The van der Waals surface area contributed by atoms with E-state index in [9.17, 15) is 27.5 Å². The van der Waals surface area contributed by atoms with Crippen LogP contribution in [0.25, 0.3) is 17.0 Å². The van der Waals surface area contributed by atoms with Crippen LogP contribution in [0.4, 0.5) is 29.1 Å². The van der Waals surface area contributed by atoms with Crippen LogP contribution < -0.4 is 11.0 Å². The highest BCUT2D eigenvalue weighted by molar-refractivity contribution is 6.32. The van der Waals surface area contributed by atoms with E-state index in [0.717, 1.165) is 23.1 Å². The number of nitrogens with zero attached hydrogens (tertiary/aromatic N) is 6. The molecule has 0 aliphatic rings. The number of halogens is 5. The Bertz CT molecular complexity index is 1470. The van der Waals surface area contributed by atoms with Gasteiger partial charge in [-0.2, -0.15) is 23.3 Å². The van der Waals surface area contributed by atoms with Crippen molar-refractivity contribution in [3.63, 3.8) is 0 Å². The molecule has 0 amide bonds. The second kappa shape index (κ2) is 8.64. The van der Waals surface area contributed by atoms with Crippen molar-refractivity contribution in [2.75, 3.05) is 5.32 Å². The molecule has 35 heavy (non-hydrogen) atoms. The van der Waals surface area contributed by atoms with Crippen LogP contribution in [0.5, 0.6) is 0 Å². The summed E-state index contributed by atoms with van der Waals surface area (Å²) in [5, 5.41) is 16.1. The van der Waals surface area contributed by atoms with E-state index >= 15 is 0 Å². The molecule has 4 rings (SSSR count). The van der Waals surface area contributed by atoms with Crippen LogP contribution >= 0.6 is 11.6 Å². The van der Waals surface area contributed by atoms with Gasteiger partial charge < -0.3 is 10.4 Å². The molecule has 0 saturated heterocycles. The molecule has 0 aliphatic heterocycles. The fourth-order valence-electron chi connectivity index (χ4n) is 3.39. The number of hydrogen-bond acceptors (Lipinski definition) is 6. The highest BCUT2D eigenvalue weighted by atomic mass is 35.5. The van der Waals surface area contributed by atoms with Gasteiger partial charge in [-0.15, -0.1) is 0 Å². The molecule has 0 aliphatic carbocycles. The molecule has 3 heterocycles. The first kappa shape index (κ1) is 24.7. The van der Waals surface area contributed by atoms with Gasteiger partial charge in [0.25, 0.3) is 5.95 Å². The monoisotopic (exact) mass is 513 g/mol. The predicted molar refractivity (Wildman–Crippen MR) is 121 cm³/mol. The van der Waals surface area contributed by atoms with Crippen molar-refractivity contribution >= 4 is 34.1 Å². The standard InChI is InChI=1S/C21H20ClF4N7O2/c1-20(2,35)5-7-32-15-9-13(12(23)8-14(15)31(3)19(32)34)28-17-11(22)10-27-18(29-17)33-6-4-16(30-33)21(24,25)26/h4,6,8-10,35H,5,7H2,1-3H3,(H,27,28,29). The van der Waals surface area contributed by atoms with E-state index < -0.39 is 23.3 Å². The fourth-order valence-corrected chi connectivity index (χ4v) is 3.53. The number of nitrogens with one attached hydrogen (secondary N) is 1. The average molecular weight is 514 g/mol. The highest BCUT2D eigenvalue weighted by Crippen LogP contribution is 2.30. The Kier molecular flexibility index (Phi) is 6.09. The lowest BCUT2D eigenvalue weighted by atomic mass is 10.1. The molecule has 0 radical (unpaired) electrons. The maximum Gasteiger partial charge on any atom is 0.435 e. The molecule has 0 atom stereocenters. The van der Waals surface area contributed by atoms with Gasteiger partial charge in [0, 0.05) is 25.9 Å². The highest BCUT2D eigenvalue weighted by Gasteiger charge is 2.34. The van der Waals surface area contributed by atoms with Gasteiger partial charge in [-0.25, -0.2) is 18.9 Å². The lowest BCUT2D eigenvalue weighted by Crippen LogP contribution is -2.27. The van der Waals surface area contributed by atoms with Gasteiger partial charge in [-0.3, -0.25) is 9.13 Å². The van der Waals surface area contributed by atoms with E-state index in [1.54, 1.807) is 13.8 Å². The Morgan fingerprint density at radius 2 is 1.91 bits per heavy atom. The average Bonchev–Trinajstić information content (AvgIpc) is 3.33. The van der Waals surface area contributed by atoms with Crippen LogP contribution in [0.2, 0.25) is 5.02 Å². The summed E-state index contributed by atoms with van der Waals surface area (Å²) in [7, 11) is 1.50. The summed E-state index contributed by atoms with van der Waals surface area (Å²) < 4.78 is 57.1. The Balaban J connectivity index is 1.73. The molecule has 2 N–H and O–H groups in total. The van der Waals surface area contributed by atoms with E-state index in [4.69, 9.17) is 11.6 Å². The minimum atomic E-state index is -4.64. The van der Waals surface area contributed by atoms with Gasteiger partial charge in [-0.05, 0) is 32.4 Å². The van der Waals surface area contributed by atoms with Gasteiger partial charge >= 0.3 is 11.9 Å². The Hall–Kier alpha value is -3.45. The summed E-state index contributed by atoms with van der Waals surface area (Å²) in [5.41, 5.74) is -1.88. The molecule has 3 aromatic heterocycles. The van der Waals surface area contributed by atoms with Crippen molar-refractivity contribution < 1.29 is 22.7 Å². The lowest BCUT2D eigenvalue weighted by Gasteiger charge is -2.17. The van der Waals surface area contributed by atoms with E-state index in [2.05, 4.69) is 20.4 Å². The third-order valence-corrected chi connectivity index (χ3v) is 5.53. The van der Waals surface area contributed by atoms with E-state index in [-0.39, 0.29) is 41.1 Å². The number of aryl methyl sites for hydroxylation is 2. The lowest BCUT2D eigenvalue weighted by molar-refractivity contribution is -0.141. The molecule has 1 aromatic carbocycles. The molecule has 186 valence electrons. The van der Waals surface area contributed by atoms with Crippen LogP contribution in [-0.4, -0.2) is 39.6 Å². The number of aliphatic hydroxyl groups is 1. The van der Waals surface area contributed by atoms with Crippen LogP contribution in [0.3, 0.4) is 0 Å². The van der Waals surface area contributed by atoms with Crippen molar-refractivity contribution in [2.24, 2.45) is 7.05 Å². The van der Waals surface area contributed by atoms with Gasteiger partial charge in [0.1, 0.15) is 10.8 Å². The molecule has 0 bridgehead atoms. The summed E-state index contributed by atoms with van der Waals surface area (Å²) in [6.45, 7) is 3.41. The Morgan fingerprint density at radius 1 is 1.20 bits per heavy atom. The quantitative estimate of drug-likeness (QED) is 0.377. The van der Waals surface area contributed by atoms with Crippen molar-refractivity contribution in [3.8, 4) is 5.95 Å². The van der Waals surface area contributed by atoms with E-state index in [1.807, 2.05) is 0 Å². The molecule has 14 heteroatoms. The van der Waals surface area contributed by atoms with E-state index in [0.29, 0.717) is 11.0 Å². The normalized spacial score (nSPS) is 12.5. The third kappa shape index (κ3) is 5.00. The molecular weight excluding hydrogens is 494 g/mol. The summed E-state index contributed by atoms with van der Waals surface area (Å²) in [5.74, 6) is -1.03. The molecule has 0 unspecified atom stereocenters. The first-order valence-corrected chi connectivity index (χ1v) is 10.7. The second-order valence-corrected chi connectivity index (χ2v) is 8.92. The number of alkyl halides is 3. The van der Waals surface area contributed by atoms with Crippen LogP contribution in [0.1, 0.15) is 26.0 Å². The molecule has 0 spiro atoms. The topological polar surface area (TPSA) is 103 Å². The fraction of sp³-hybridized carbons (Fsp3) is 0.333. The molecular formula is C21H20ClF4N7O2. The summed E-state index contributed by atoms with van der Waals surface area (Å²) in [6, 6.07) is 3.32. The number of benzene rings is 1. The number of aromatic nitrogens is 6. The molecule has 0 saturated carbocycles. The predicted octanol–water partition coefficient (Wildman–Crippen LogP) is 4.03. The first-order valence-electron chi connectivity index (χ1n) is 10.3. The SMILES string of the molecule is Cn1c(=O)n(CCC(C)(C)O)c2cc(Nc3nc(-n4ccc(C(F)(F)F)n4)ncc3Cl)c(F)cc21. The Labute approximate surface area is 200 Å². The van der Waals surface area contributed by atoms with Crippen molar-refractivity contribution in [1.82, 2.24) is 28.9 Å². The zero-order valence-electron chi connectivity index (χ0n) is 18.7. The van der Waals surface area contributed by atoms with Gasteiger partial charge in [0.15, 0.2) is 11.5 Å². The first-order chi connectivity index (χ1) is 16.2. The largest absolute Gasteiger partial charge is 0.435 e.